The van der Waals surface area contributed by atoms with Gasteiger partial charge in [-0.1, -0.05) is 29.3 Å². The molecule has 0 spiro atoms. The summed E-state index contributed by atoms with van der Waals surface area (Å²) in [5.41, 5.74) is 1.34. The van der Waals surface area contributed by atoms with E-state index in [0.717, 1.165) is 5.56 Å². The molecule has 1 aromatic carbocycles. The monoisotopic (exact) mass is 326 g/mol. The smallest absolute Gasteiger partial charge is 0.229 e. The second-order valence-corrected chi connectivity index (χ2v) is 6.29. The normalized spacial score (nSPS) is 11.2. The highest BCUT2D eigenvalue weighted by Crippen LogP contribution is 2.31. The van der Waals surface area contributed by atoms with E-state index >= 15 is 0 Å². The molecule has 1 heterocycles. The molecule has 0 radical (unpaired) electrons. The largest absolute Gasteiger partial charge is 0.492 e. The Bertz CT molecular complexity index is 761. The Kier molecular flexibility index (Phi) is 4.34. The van der Waals surface area contributed by atoms with Crippen molar-refractivity contribution in [1.82, 2.24) is 9.97 Å². The van der Waals surface area contributed by atoms with Crippen LogP contribution in [0, 0.1) is 13.8 Å². The molecule has 21 heavy (non-hydrogen) atoms. The van der Waals surface area contributed by atoms with Gasteiger partial charge in [-0.05, 0) is 31.7 Å². The van der Waals surface area contributed by atoms with Gasteiger partial charge in [0.05, 0.1) is 17.0 Å². The minimum Gasteiger partial charge on any atom is -0.492 e. The molecule has 112 valence electrons. The Hall–Kier alpha value is -1.86. The molecule has 0 bridgehead atoms. The van der Waals surface area contributed by atoms with Crippen molar-refractivity contribution >= 4 is 27.6 Å². The molecular formula is C13H13ClN3O3S-. The quantitative estimate of drug-likeness (QED) is 0.861. The molecule has 0 amide bonds. The molecule has 1 aromatic heterocycles. The predicted octanol–water partition coefficient (Wildman–Crippen LogP) is 3.15. The number of benzene rings is 1. The van der Waals surface area contributed by atoms with Crippen molar-refractivity contribution in [3.8, 4) is 5.88 Å². The molecule has 0 saturated carbocycles. The number of methoxy groups -OCH3 is 1. The zero-order valence-corrected chi connectivity index (χ0v) is 13.2. The molecule has 0 aliphatic heterocycles. The van der Waals surface area contributed by atoms with Crippen LogP contribution in [0.5, 0.6) is 5.88 Å². The number of nitrogens with zero attached hydrogens (tertiary/aromatic N) is 3. The minimum atomic E-state index is -3.88. The van der Waals surface area contributed by atoms with Gasteiger partial charge in [0.25, 0.3) is 0 Å². The lowest BCUT2D eigenvalue weighted by Gasteiger charge is -2.17. The van der Waals surface area contributed by atoms with E-state index in [-0.39, 0.29) is 21.7 Å². The maximum absolute atomic E-state index is 12.2. The minimum absolute atomic E-state index is 0.0725. The van der Waals surface area contributed by atoms with Crippen molar-refractivity contribution in [2.45, 2.75) is 18.7 Å². The highest BCUT2D eigenvalue weighted by molar-refractivity contribution is 7.94. The van der Waals surface area contributed by atoms with Crippen LogP contribution < -0.4 is 4.74 Å². The Morgan fingerprint density at radius 3 is 2.33 bits per heavy atom. The standard InChI is InChI=1S/C13H13ClN3O3S/c1-8-4-6-10(7-5-8)21(18,19)17-13-15-9(2)11(14)12(16-13)20-3/h4-7H,1-3H3/q-1. The number of hydrogen-bond donors (Lipinski definition) is 0. The van der Waals surface area contributed by atoms with Crippen molar-refractivity contribution in [3.63, 3.8) is 0 Å². The molecule has 0 unspecified atom stereocenters. The van der Waals surface area contributed by atoms with E-state index in [0.29, 0.717) is 5.69 Å². The summed E-state index contributed by atoms with van der Waals surface area (Å²) in [5.74, 6) is -0.128. The van der Waals surface area contributed by atoms with Gasteiger partial charge in [-0.15, -0.1) is 0 Å². The van der Waals surface area contributed by atoms with Gasteiger partial charge in [0, 0.05) is 5.95 Å². The zero-order valence-electron chi connectivity index (χ0n) is 11.7. The third-order valence-electron chi connectivity index (χ3n) is 2.69. The summed E-state index contributed by atoms with van der Waals surface area (Å²) in [5, 5.41) is 0.226. The molecule has 2 aromatic rings. The average Bonchev–Trinajstić information content (AvgIpc) is 2.42. The van der Waals surface area contributed by atoms with E-state index < -0.39 is 10.0 Å². The summed E-state index contributed by atoms with van der Waals surface area (Å²) in [4.78, 5) is 7.88. The van der Waals surface area contributed by atoms with Crippen molar-refractivity contribution in [2.24, 2.45) is 0 Å². The van der Waals surface area contributed by atoms with Crippen LogP contribution in [0.1, 0.15) is 11.3 Å². The lowest BCUT2D eigenvalue weighted by molar-refractivity contribution is 0.397. The molecule has 0 fully saturated rings. The topological polar surface area (TPSA) is 83.2 Å². The van der Waals surface area contributed by atoms with Gasteiger partial charge in [-0.3, -0.25) is 4.72 Å². The summed E-state index contributed by atoms with van der Waals surface area (Å²) < 4.78 is 33.0. The van der Waals surface area contributed by atoms with Gasteiger partial charge in [-0.2, -0.15) is 0 Å². The number of sulfonamides is 1. The van der Waals surface area contributed by atoms with Crippen LogP contribution >= 0.6 is 11.6 Å². The number of ether oxygens (including phenoxy) is 1. The summed E-state index contributed by atoms with van der Waals surface area (Å²) in [6, 6.07) is 6.34. The van der Waals surface area contributed by atoms with Crippen LogP contribution in [0.15, 0.2) is 29.2 Å². The van der Waals surface area contributed by atoms with Crippen LogP contribution in [0.2, 0.25) is 5.02 Å². The average molecular weight is 327 g/mol. The van der Waals surface area contributed by atoms with Gasteiger partial charge < -0.3 is 14.7 Å². The van der Waals surface area contributed by atoms with Gasteiger partial charge >= 0.3 is 0 Å². The Morgan fingerprint density at radius 2 is 1.76 bits per heavy atom. The fourth-order valence-corrected chi connectivity index (χ4v) is 2.61. The number of aryl methyl sites for hydroxylation is 2. The van der Waals surface area contributed by atoms with Gasteiger partial charge in [-0.25, -0.2) is 8.42 Å². The van der Waals surface area contributed by atoms with Crippen LogP contribution in [0.4, 0.5) is 5.95 Å². The molecular weight excluding hydrogens is 314 g/mol. The van der Waals surface area contributed by atoms with Gasteiger partial charge in [0.1, 0.15) is 0 Å². The fraction of sp³-hybridized carbons (Fsp3) is 0.231. The lowest BCUT2D eigenvalue weighted by Crippen LogP contribution is -2.01. The van der Waals surface area contributed by atoms with Crippen LogP contribution in [-0.2, 0) is 10.0 Å². The highest BCUT2D eigenvalue weighted by Gasteiger charge is 2.12. The highest BCUT2D eigenvalue weighted by atomic mass is 35.5. The molecule has 0 saturated heterocycles. The van der Waals surface area contributed by atoms with Crippen LogP contribution in [-0.4, -0.2) is 25.5 Å². The third kappa shape index (κ3) is 3.43. The molecule has 0 aliphatic rings. The Morgan fingerprint density at radius 1 is 1.14 bits per heavy atom. The number of rotatable bonds is 4. The first-order valence-corrected chi connectivity index (χ1v) is 7.78. The number of aromatic nitrogens is 2. The molecule has 0 aliphatic carbocycles. The molecule has 0 atom stereocenters. The van der Waals surface area contributed by atoms with Gasteiger partial charge in [0.15, 0.2) is 5.88 Å². The van der Waals surface area contributed by atoms with E-state index in [2.05, 4.69) is 14.7 Å². The maximum Gasteiger partial charge on any atom is 0.229 e. The summed E-state index contributed by atoms with van der Waals surface area (Å²) in [6.45, 7) is 3.48. The van der Waals surface area contributed by atoms with Crippen molar-refractivity contribution < 1.29 is 13.2 Å². The number of hydrogen-bond acceptors (Lipinski definition) is 5. The van der Waals surface area contributed by atoms with E-state index in [4.69, 9.17) is 16.3 Å². The van der Waals surface area contributed by atoms with E-state index in [9.17, 15) is 8.42 Å². The van der Waals surface area contributed by atoms with E-state index in [1.54, 1.807) is 19.1 Å². The first kappa shape index (κ1) is 15.5. The predicted molar refractivity (Wildman–Crippen MR) is 79.7 cm³/mol. The second-order valence-electron chi connectivity index (χ2n) is 4.31. The molecule has 6 nitrogen and oxygen atoms in total. The SMILES string of the molecule is COc1nc([N-]S(=O)(=O)c2ccc(C)cc2)nc(C)c1Cl. The first-order chi connectivity index (χ1) is 9.83. The second kappa shape index (κ2) is 5.87. The zero-order chi connectivity index (χ0) is 15.6. The van der Waals surface area contributed by atoms with Crippen molar-refractivity contribution in [1.29, 1.82) is 0 Å². The Labute approximate surface area is 128 Å². The Balaban J connectivity index is 2.37. The molecule has 0 N–H and O–H groups in total. The first-order valence-electron chi connectivity index (χ1n) is 5.96. The van der Waals surface area contributed by atoms with E-state index in [1.165, 1.54) is 19.2 Å². The third-order valence-corrected chi connectivity index (χ3v) is 4.40. The summed E-state index contributed by atoms with van der Waals surface area (Å²) >= 11 is 5.93. The van der Waals surface area contributed by atoms with E-state index in [1.807, 2.05) is 6.92 Å². The van der Waals surface area contributed by atoms with Crippen molar-refractivity contribution in [3.05, 3.63) is 45.3 Å². The lowest BCUT2D eigenvalue weighted by atomic mass is 10.2. The van der Waals surface area contributed by atoms with Crippen molar-refractivity contribution in [2.75, 3.05) is 7.11 Å². The summed E-state index contributed by atoms with van der Waals surface area (Å²) in [7, 11) is -2.50. The molecule has 8 heteroatoms. The van der Waals surface area contributed by atoms with Crippen LogP contribution in [0.3, 0.4) is 0 Å². The number of halogens is 1. The summed E-state index contributed by atoms with van der Waals surface area (Å²) in [6.07, 6.45) is 0. The fourth-order valence-electron chi connectivity index (χ4n) is 1.57. The van der Waals surface area contributed by atoms with Gasteiger partial charge in [0.2, 0.25) is 10.0 Å². The molecule has 2 rings (SSSR count). The maximum atomic E-state index is 12.2. The van der Waals surface area contributed by atoms with Crippen LogP contribution in [0.25, 0.3) is 4.72 Å².